The molecule has 0 spiro atoms. The van der Waals surface area contributed by atoms with E-state index in [1.807, 2.05) is 25.0 Å². The normalized spacial score (nSPS) is 12.4. The Kier molecular flexibility index (Phi) is 4.79. The van der Waals surface area contributed by atoms with Crippen LogP contribution in [0.3, 0.4) is 0 Å². The van der Waals surface area contributed by atoms with Crippen molar-refractivity contribution in [1.29, 1.82) is 0 Å². The lowest BCUT2D eigenvalue weighted by atomic mass is 10.0. The van der Waals surface area contributed by atoms with Crippen LogP contribution in [0.15, 0.2) is 36.5 Å². The fourth-order valence-corrected chi connectivity index (χ4v) is 2.42. The Balaban J connectivity index is 2.02. The van der Waals surface area contributed by atoms with Crippen LogP contribution < -0.4 is 10.2 Å². The van der Waals surface area contributed by atoms with E-state index < -0.39 is 0 Å². The van der Waals surface area contributed by atoms with Gasteiger partial charge < -0.3 is 10.2 Å². The van der Waals surface area contributed by atoms with Crippen molar-refractivity contribution in [2.75, 3.05) is 26.0 Å². The van der Waals surface area contributed by atoms with Crippen molar-refractivity contribution in [3.63, 3.8) is 0 Å². The van der Waals surface area contributed by atoms with Gasteiger partial charge in [-0.15, -0.1) is 0 Å². The summed E-state index contributed by atoms with van der Waals surface area (Å²) in [5.74, 6) is 0. The Labute approximate surface area is 121 Å². The molecule has 0 bridgehead atoms. The third-order valence-electron chi connectivity index (χ3n) is 3.77. The number of nitrogens with one attached hydrogen (secondary N) is 1. The standard InChI is InChI=1S/C16H24N4/c1-17-16(10-9-15-11-12-18-20(15)4)13-5-7-14(8-6-13)19(2)3/h5-8,11-12,16-17H,9-10H2,1-4H3. The molecule has 0 amide bonds. The molecule has 4 heteroatoms. The number of hydrogen-bond donors (Lipinski definition) is 1. The van der Waals surface area contributed by atoms with Crippen LogP contribution in [-0.4, -0.2) is 30.9 Å². The molecule has 4 nitrogen and oxygen atoms in total. The number of rotatable bonds is 6. The Bertz CT molecular complexity index is 528. The smallest absolute Gasteiger partial charge is 0.0492 e. The van der Waals surface area contributed by atoms with Gasteiger partial charge in [-0.05, 0) is 43.7 Å². The molecule has 0 radical (unpaired) electrons. The number of hydrogen-bond acceptors (Lipinski definition) is 3. The fraction of sp³-hybridized carbons (Fsp3) is 0.438. The summed E-state index contributed by atoms with van der Waals surface area (Å²) in [7, 11) is 8.14. The number of nitrogens with zero attached hydrogens (tertiary/aromatic N) is 3. The second-order valence-corrected chi connectivity index (χ2v) is 5.31. The average Bonchev–Trinajstić information content (AvgIpc) is 2.85. The first kappa shape index (κ1) is 14.6. The quantitative estimate of drug-likeness (QED) is 0.876. The Hall–Kier alpha value is -1.81. The molecule has 2 rings (SSSR count). The van der Waals surface area contributed by atoms with Crippen molar-refractivity contribution in [1.82, 2.24) is 15.1 Å². The third kappa shape index (κ3) is 3.39. The molecular formula is C16H24N4. The molecule has 2 aromatic rings. The lowest BCUT2D eigenvalue weighted by Gasteiger charge is -2.18. The summed E-state index contributed by atoms with van der Waals surface area (Å²) >= 11 is 0. The van der Waals surface area contributed by atoms with Gasteiger partial charge in [0.15, 0.2) is 0 Å². The summed E-state index contributed by atoms with van der Waals surface area (Å²) in [5.41, 5.74) is 3.84. The van der Waals surface area contributed by atoms with Crippen molar-refractivity contribution in [3.8, 4) is 0 Å². The molecule has 0 saturated heterocycles. The van der Waals surface area contributed by atoms with Gasteiger partial charge in [-0.3, -0.25) is 4.68 Å². The third-order valence-corrected chi connectivity index (χ3v) is 3.77. The van der Waals surface area contributed by atoms with E-state index in [9.17, 15) is 0 Å². The molecule has 1 N–H and O–H groups in total. The molecule has 0 fully saturated rings. The van der Waals surface area contributed by atoms with E-state index >= 15 is 0 Å². The van der Waals surface area contributed by atoms with E-state index in [4.69, 9.17) is 0 Å². The summed E-state index contributed by atoms with van der Waals surface area (Å²) in [5, 5.41) is 7.62. The molecule has 1 aromatic heterocycles. The van der Waals surface area contributed by atoms with Gasteiger partial charge in [0.2, 0.25) is 0 Å². The number of anilines is 1. The van der Waals surface area contributed by atoms with Gasteiger partial charge in [-0.25, -0.2) is 0 Å². The Morgan fingerprint density at radius 3 is 2.40 bits per heavy atom. The van der Waals surface area contributed by atoms with Gasteiger partial charge in [0.05, 0.1) is 0 Å². The van der Waals surface area contributed by atoms with Crippen LogP contribution in [0, 0.1) is 0 Å². The lowest BCUT2D eigenvalue weighted by Crippen LogP contribution is -2.18. The van der Waals surface area contributed by atoms with Crippen molar-refractivity contribution >= 4 is 5.69 Å². The van der Waals surface area contributed by atoms with E-state index in [1.54, 1.807) is 0 Å². The zero-order valence-electron chi connectivity index (χ0n) is 12.8. The first-order valence-corrected chi connectivity index (χ1v) is 7.03. The van der Waals surface area contributed by atoms with Crippen LogP contribution in [0.2, 0.25) is 0 Å². The maximum Gasteiger partial charge on any atom is 0.0492 e. The maximum absolute atomic E-state index is 4.21. The van der Waals surface area contributed by atoms with Crippen LogP contribution in [0.25, 0.3) is 0 Å². The molecule has 1 unspecified atom stereocenters. The topological polar surface area (TPSA) is 33.1 Å². The highest BCUT2D eigenvalue weighted by atomic mass is 15.2. The van der Waals surface area contributed by atoms with Gasteiger partial charge >= 0.3 is 0 Å². The van der Waals surface area contributed by atoms with Crippen molar-refractivity contribution < 1.29 is 0 Å². The van der Waals surface area contributed by atoms with E-state index in [2.05, 4.69) is 59.7 Å². The number of benzene rings is 1. The summed E-state index contributed by atoms with van der Waals surface area (Å²) in [4.78, 5) is 2.12. The maximum atomic E-state index is 4.21. The van der Waals surface area contributed by atoms with Crippen LogP contribution in [0.1, 0.15) is 23.7 Å². The van der Waals surface area contributed by atoms with Crippen LogP contribution in [0.4, 0.5) is 5.69 Å². The largest absolute Gasteiger partial charge is 0.378 e. The highest BCUT2D eigenvalue weighted by Crippen LogP contribution is 2.21. The van der Waals surface area contributed by atoms with Crippen molar-refractivity contribution in [3.05, 3.63) is 47.8 Å². The Morgan fingerprint density at radius 2 is 1.90 bits per heavy atom. The predicted molar refractivity (Wildman–Crippen MR) is 84.1 cm³/mol. The second-order valence-electron chi connectivity index (χ2n) is 5.31. The number of aryl methyl sites for hydroxylation is 2. The van der Waals surface area contributed by atoms with Gasteiger partial charge in [-0.1, -0.05) is 12.1 Å². The SMILES string of the molecule is CNC(CCc1ccnn1C)c1ccc(N(C)C)cc1. The van der Waals surface area contributed by atoms with Gasteiger partial charge in [0.25, 0.3) is 0 Å². The molecule has 0 aliphatic rings. The first-order chi connectivity index (χ1) is 9.61. The summed E-state index contributed by atoms with van der Waals surface area (Å²) in [6, 6.07) is 11.2. The fourth-order valence-electron chi connectivity index (χ4n) is 2.42. The second kappa shape index (κ2) is 6.57. The minimum absolute atomic E-state index is 0.376. The minimum Gasteiger partial charge on any atom is -0.378 e. The van der Waals surface area contributed by atoms with Crippen molar-refractivity contribution in [2.24, 2.45) is 7.05 Å². The first-order valence-electron chi connectivity index (χ1n) is 7.03. The monoisotopic (exact) mass is 272 g/mol. The van der Waals surface area contributed by atoms with E-state index in [-0.39, 0.29) is 0 Å². The van der Waals surface area contributed by atoms with Crippen molar-refractivity contribution in [2.45, 2.75) is 18.9 Å². The van der Waals surface area contributed by atoms with Gasteiger partial charge in [0.1, 0.15) is 0 Å². The number of aromatic nitrogens is 2. The van der Waals surface area contributed by atoms with E-state index in [1.165, 1.54) is 16.9 Å². The summed E-state index contributed by atoms with van der Waals surface area (Å²) in [6.07, 6.45) is 3.95. The minimum atomic E-state index is 0.376. The summed E-state index contributed by atoms with van der Waals surface area (Å²) < 4.78 is 1.95. The summed E-state index contributed by atoms with van der Waals surface area (Å²) in [6.45, 7) is 0. The van der Waals surface area contributed by atoms with Gasteiger partial charge in [0, 0.05) is 44.8 Å². The molecule has 1 atom stereocenters. The molecule has 0 saturated carbocycles. The highest BCUT2D eigenvalue weighted by Gasteiger charge is 2.10. The highest BCUT2D eigenvalue weighted by molar-refractivity contribution is 5.46. The Morgan fingerprint density at radius 1 is 1.20 bits per heavy atom. The van der Waals surface area contributed by atoms with Gasteiger partial charge in [-0.2, -0.15) is 5.10 Å². The van der Waals surface area contributed by atoms with Crippen LogP contribution >= 0.6 is 0 Å². The van der Waals surface area contributed by atoms with Crippen LogP contribution in [0.5, 0.6) is 0 Å². The molecule has 1 aromatic carbocycles. The van der Waals surface area contributed by atoms with E-state index in [0.717, 1.165) is 12.8 Å². The molecule has 0 aliphatic heterocycles. The van der Waals surface area contributed by atoms with E-state index in [0.29, 0.717) is 6.04 Å². The zero-order chi connectivity index (χ0) is 14.5. The average molecular weight is 272 g/mol. The molecule has 20 heavy (non-hydrogen) atoms. The van der Waals surface area contributed by atoms with Crippen LogP contribution in [-0.2, 0) is 13.5 Å². The zero-order valence-corrected chi connectivity index (χ0v) is 12.8. The lowest BCUT2D eigenvalue weighted by molar-refractivity contribution is 0.536. The predicted octanol–water partition coefficient (Wildman–Crippen LogP) is 2.38. The molecule has 0 aliphatic carbocycles. The molecule has 1 heterocycles. The molecule has 108 valence electrons. The molecular weight excluding hydrogens is 248 g/mol.